The molecule has 2 heteroatoms. The fourth-order valence-corrected chi connectivity index (χ4v) is 1.99. The molecule has 0 aliphatic carbocycles. The second kappa shape index (κ2) is 3.59. The highest BCUT2D eigenvalue weighted by Crippen LogP contribution is 2.34. The van der Waals surface area contributed by atoms with Crippen molar-refractivity contribution in [2.75, 3.05) is 0 Å². The maximum atomic E-state index is 5.12. The lowest BCUT2D eigenvalue weighted by Gasteiger charge is -2.25. The van der Waals surface area contributed by atoms with Crippen molar-refractivity contribution < 1.29 is 4.52 Å². The van der Waals surface area contributed by atoms with E-state index in [1.807, 2.05) is 0 Å². The van der Waals surface area contributed by atoms with Gasteiger partial charge < -0.3 is 4.52 Å². The van der Waals surface area contributed by atoms with Crippen molar-refractivity contribution in [3.8, 4) is 0 Å². The maximum Gasteiger partial charge on any atom is 0.131 e. The molecule has 0 aliphatic heterocycles. The fraction of sp³-hybridized carbons (Fsp3) is 0.533. The van der Waals surface area contributed by atoms with Gasteiger partial charge in [0.25, 0.3) is 0 Å². The lowest BCUT2D eigenvalue weighted by molar-refractivity contribution is 0.426. The first-order valence-corrected chi connectivity index (χ1v) is 6.09. The zero-order valence-electron chi connectivity index (χ0n) is 11.6. The maximum absolute atomic E-state index is 5.12. The molecule has 17 heavy (non-hydrogen) atoms. The minimum absolute atomic E-state index is 0.0797. The first-order chi connectivity index (χ1) is 7.69. The van der Waals surface area contributed by atoms with Crippen molar-refractivity contribution in [1.29, 1.82) is 0 Å². The average molecular weight is 231 g/mol. The Bertz CT molecular complexity index is 538. The van der Waals surface area contributed by atoms with E-state index in [1.165, 1.54) is 11.1 Å². The zero-order chi connectivity index (χ0) is 12.8. The standard InChI is InChI=1S/C15H21NO/c1-14(2,3)11-7-10-9-17-16-13(10)12(8-11)15(4,5)6/h7-9H,1-6H3. The quantitative estimate of drug-likeness (QED) is 0.670. The van der Waals surface area contributed by atoms with Crippen LogP contribution in [0.25, 0.3) is 10.9 Å². The van der Waals surface area contributed by atoms with Crippen molar-refractivity contribution in [1.82, 2.24) is 5.16 Å². The molecule has 0 atom stereocenters. The van der Waals surface area contributed by atoms with Crippen molar-refractivity contribution in [2.24, 2.45) is 0 Å². The van der Waals surface area contributed by atoms with Crippen LogP contribution in [0.5, 0.6) is 0 Å². The Morgan fingerprint density at radius 2 is 1.59 bits per heavy atom. The molecule has 0 fully saturated rings. The normalized spacial score (nSPS) is 13.3. The fourth-order valence-electron chi connectivity index (χ4n) is 1.99. The molecule has 0 radical (unpaired) electrons. The second-order valence-corrected chi connectivity index (χ2v) is 6.78. The van der Waals surface area contributed by atoms with Gasteiger partial charge in [-0.05, 0) is 28.0 Å². The van der Waals surface area contributed by atoms with E-state index in [1.54, 1.807) is 6.26 Å². The Morgan fingerprint density at radius 3 is 2.12 bits per heavy atom. The van der Waals surface area contributed by atoms with Gasteiger partial charge in [0.15, 0.2) is 0 Å². The van der Waals surface area contributed by atoms with Gasteiger partial charge in [-0.2, -0.15) is 0 Å². The SMILES string of the molecule is CC(C)(C)c1cc(C(C)(C)C)c2nocc2c1. The summed E-state index contributed by atoms with van der Waals surface area (Å²) in [6, 6.07) is 4.45. The summed E-state index contributed by atoms with van der Waals surface area (Å²) in [6.45, 7) is 13.3. The van der Waals surface area contributed by atoms with Gasteiger partial charge in [-0.3, -0.25) is 0 Å². The van der Waals surface area contributed by atoms with Crippen LogP contribution in [0.3, 0.4) is 0 Å². The molecule has 0 saturated heterocycles. The van der Waals surface area contributed by atoms with E-state index < -0.39 is 0 Å². The number of benzene rings is 1. The second-order valence-electron chi connectivity index (χ2n) is 6.78. The highest BCUT2D eigenvalue weighted by atomic mass is 16.5. The molecule has 2 rings (SSSR count). The Morgan fingerprint density at radius 1 is 0.941 bits per heavy atom. The summed E-state index contributed by atoms with van der Waals surface area (Å²) in [6.07, 6.45) is 1.74. The number of fused-ring (bicyclic) bond motifs is 1. The van der Waals surface area contributed by atoms with Gasteiger partial charge in [-0.15, -0.1) is 0 Å². The monoisotopic (exact) mass is 231 g/mol. The Kier molecular flexibility index (Phi) is 2.57. The Hall–Kier alpha value is -1.31. The van der Waals surface area contributed by atoms with Crippen LogP contribution in [0.4, 0.5) is 0 Å². The molecule has 0 amide bonds. The Labute approximate surface area is 103 Å². The van der Waals surface area contributed by atoms with E-state index in [4.69, 9.17) is 4.52 Å². The summed E-state index contributed by atoms with van der Waals surface area (Å²) in [7, 11) is 0. The molecule has 0 unspecified atom stereocenters. The highest BCUT2D eigenvalue weighted by molar-refractivity contribution is 5.82. The molecule has 1 aromatic heterocycles. The van der Waals surface area contributed by atoms with Gasteiger partial charge in [-0.25, -0.2) is 0 Å². The van der Waals surface area contributed by atoms with Crippen molar-refractivity contribution in [3.63, 3.8) is 0 Å². The molecule has 1 heterocycles. The molecule has 0 bridgehead atoms. The topological polar surface area (TPSA) is 26.0 Å². The number of nitrogens with zero attached hydrogens (tertiary/aromatic N) is 1. The molecule has 2 nitrogen and oxygen atoms in total. The van der Waals surface area contributed by atoms with E-state index in [0.29, 0.717) is 0 Å². The Balaban J connectivity index is 2.76. The van der Waals surface area contributed by atoms with Crippen LogP contribution in [0.15, 0.2) is 22.9 Å². The van der Waals surface area contributed by atoms with Gasteiger partial charge in [0.05, 0.1) is 0 Å². The zero-order valence-corrected chi connectivity index (χ0v) is 11.6. The largest absolute Gasteiger partial charge is 0.363 e. The van der Waals surface area contributed by atoms with Crippen LogP contribution in [-0.4, -0.2) is 5.16 Å². The first kappa shape index (κ1) is 12.2. The third-order valence-electron chi connectivity index (χ3n) is 3.14. The summed E-state index contributed by atoms with van der Waals surface area (Å²) in [5.41, 5.74) is 3.80. The van der Waals surface area contributed by atoms with Crippen LogP contribution < -0.4 is 0 Å². The van der Waals surface area contributed by atoms with Crippen LogP contribution in [0.1, 0.15) is 52.7 Å². The van der Waals surface area contributed by atoms with Gasteiger partial charge >= 0.3 is 0 Å². The lowest BCUT2D eigenvalue weighted by Crippen LogP contribution is -2.16. The summed E-state index contributed by atoms with van der Waals surface area (Å²) < 4.78 is 5.12. The summed E-state index contributed by atoms with van der Waals surface area (Å²) in [5, 5.41) is 5.23. The highest BCUT2D eigenvalue weighted by Gasteiger charge is 2.23. The number of aromatic nitrogens is 1. The molecule has 0 N–H and O–H groups in total. The molecule has 0 spiro atoms. The van der Waals surface area contributed by atoms with Gasteiger partial charge in [0, 0.05) is 5.39 Å². The van der Waals surface area contributed by atoms with E-state index >= 15 is 0 Å². The number of hydrogen-bond acceptors (Lipinski definition) is 2. The predicted octanol–water partition coefficient (Wildman–Crippen LogP) is 4.42. The van der Waals surface area contributed by atoms with E-state index in [9.17, 15) is 0 Å². The number of hydrogen-bond donors (Lipinski definition) is 0. The van der Waals surface area contributed by atoms with Gasteiger partial charge in [-0.1, -0.05) is 52.8 Å². The van der Waals surface area contributed by atoms with E-state index in [0.717, 1.165) is 10.9 Å². The first-order valence-electron chi connectivity index (χ1n) is 6.09. The molecule has 1 aromatic carbocycles. The minimum atomic E-state index is 0.0797. The van der Waals surface area contributed by atoms with Gasteiger partial charge in [0.2, 0.25) is 0 Å². The molecular weight excluding hydrogens is 210 g/mol. The molecular formula is C15H21NO. The number of rotatable bonds is 0. The predicted molar refractivity (Wildman–Crippen MR) is 71.4 cm³/mol. The smallest absolute Gasteiger partial charge is 0.131 e. The van der Waals surface area contributed by atoms with Crippen LogP contribution in [-0.2, 0) is 10.8 Å². The third-order valence-corrected chi connectivity index (χ3v) is 3.14. The third kappa shape index (κ3) is 2.21. The van der Waals surface area contributed by atoms with Gasteiger partial charge in [0.1, 0.15) is 11.8 Å². The summed E-state index contributed by atoms with van der Waals surface area (Å²) in [5.74, 6) is 0. The van der Waals surface area contributed by atoms with E-state index in [-0.39, 0.29) is 10.8 Å². The molecule has 2 aromatic rings. The van der Waals surface area contributed by atoms with Crippen LogP contribution >= 0.6 is 0 Å². The van der Waals surface area contributed by atoms with Crippen molar-refractivity contribution in [3.05, 3.63) is 29.5 Å². The summed E-state index contributed by atoms with van der Waals surface area (Å²) >= 11 is 0. The van der Waals surface area contributed by atoms with Crippen molar-refractivity contribution in [2.45, 2.75) is 52.4 Å². The van der Waals surface area contributed by atoms with E-state index in [2.05, 4.69) is 58.8 Å². The molecule has 0 saturated carbocycles. The lowest BCUT2D eigenvalue weighted by atomic mass is 9.79. The van der Waals surface area contributed by atoms with Crippen LogP contribution in [0.2, 0.25) is 0 Å². The molecule has 92 valence electrons. The van der Waals surface area contributed by atoms with Crippen molar-refractivity contribution >= 4 is 10.9 Å². The summed E-state index contributed by atoms with van der Waals surface area (Å²) in [4.78, 5) is 0. The van der Waals surface area contributed by atoms with Crippen LogP contribution in [0, 0.1) is 0 Å². The average Bonchev–Trinajstić information content (AvgIpc) is 2.59. The molecule has 0 aliphatic rings. The minimum Gasteiger partial charge on any atom is -0.363 e.